The number of methoxy groups -OCH3 is 2. The predicted molar refractivity (Wildman–Crippen MR) is 144 cm³/mol. The Kier molecular flexibility index (Phi) is 9.73. The van der Waals surface area contributed by atoms with Crippen LogP contribution in [-0.4, -0.2) is 20.1 Å². The quantitative estimate of drug-likeness (QED) is 0.181. The van der Waals surface area contributed by atoms with Gasteiger partial charge in [0.2, 0.25) is 0 Å². The van der Waals surface area contributed by atoms with Gasteiger partial charge in [-0.1, -0.05) is 46.3 Å². The first-order valence-electron chi connectivity index (χ1n) is 11.2. The van der Waals surface area contributed by atoms with Gasteiger partial charge >= 0.3 is 0 Å². The van der Waals surface area contributed by atoms with Gasteiger partial charge in [0.25, 0.3) is 5.91 Å². The molecule has 0 atom stereocenters. The number of nitrogens with one attached hydrogen (secondary N) is 1. The highest BCUT2D eigenvalue weighted by molar-refractivity contribution is 9.10. The van der Waals surface area contributed by atoms with Crippen molar-refractivity contribution < 1.29 is 19.0 Å². The largest absolute Gasteiger partial charge is 0.497 e. The second kappa shape index (κ2) is 13.2. The van der Waals surface area contributed by atoms with E-state index >= 15 is 0 Å². The molecule has 0 radical (unpaired) electrons. The van der Waals surface area contributed by atoms with Crippen molar-refractivity contribution in [2.75, 3.05) is 14.2 Å². The summed E-state index contributed by atoms with van der Waals surface area (Å²) in [5, 5.41) is 12.4. The monoisotopic (exact) mass is 546 g/mol. The Morgan fingerprint density at radius 2 is 1.75 bits per heavy atom. The summed E-state index contributed by atoms with van der Waals surface area (Å²) < 4.78 is 17.8. The highest BCUT2D eigenvalue weighted by Gasteiger charge is 2.15. The van der Waals surface area contributed by atoms with Crippen LogP contribution in [0.3, 0.4) is 0 Å². The van der Waals surface area contributed by atoms with Crippen molar-refractivity contribution in [1.29, 1.82) is 5.26 Å². The molecule has 0 bridgehead atoms. The van der Waals surface area contributed by atoms with E-state index in [2.05, 4.69) is 27.8 Å². The molecule has 1 amide bonds. The lowest BCUT2D eigenvalue weighted by Gasteiger charge is -2.16. The molecular formula is C29H27BrN2O4. The standard InChI is InChI=1S/C29H27BrN2O4/c1-4-5-23-14-22(16-27(35-3)28(23)36-19-21-6-10-25(30)11-7-21)15-24(17-31)29(33)32-18-20-8-12-26(34-2)13-9-20/h4,6-16H,1,5,18-19H2,2-3H3,(H,32,33)/b24-15-. The minimum absolute atomic E-state index is 0.0151. The van der Waals surface area contributed by atoms with Gasteiger partial charge in [-0.3, -0.25) is 4.79 Å². The number of carbonyl (C=O) groups is 1. The van der Waals surface area contributed by atoms with E-state index in [0.29, 0.717) is 30.1 Å². The third-order valence-corrected chi connectivity index (χ3v) is 5.85. The molecule has 3 aromatic carbocycles. The second-order valence-electron chi connectivity index (χ2n) is 7.82. The molecule has 0 aliphatic carbocycles. The zero-order valence-electron chi connectivity index (χ0n) is 20.2. The average molecular weight is 547 g/mol. The Bertz CT molecular complexity index is 1280. The summed E-state index contributed by atoms with van der Waals surface area (Å²) in [6.45, 7) is 4.49. The van der Waals surface area contributed by atoms with Crippen LogP contribution in [0.25, 0.3) is 6.08 Å². The lowest BCUT2D eigenvalue weighted by molar-refractivity contribution is -0.117. The Balaban J connectivity index is 1.80. The van der Waals surface area contributed by atoms with E-state index in [0.717, 1.165) is 26.9 Å². The van der Waals surface area contributed by atoms with Crippen molar-refractivity contribution in [3.8, 4) is 23.3 Å². The van der Waals surface area contributed by atoms with Gasteiger partial charge in [-0.05, 0) is 65.6 Å². The molecule has 0 saturated carbocycles. The third kappa shape index (κ3) is 7.24. The molecule has 0 aliphatic heterocycles. The lowest BCUT2D eigenvalue weighted by atomic mass is 10.0. The molecule has 0 saturated heterocycles. The maximum atomic E-state index is 12.7. The number of halogens is 1. The van der Waals surface area contributed by atoms with E-state index in [-0.39, 0.29) is 12.1 Å². The molecule has 184 valence electrons. The minimum Gasteiger partial charge on any atom is -0.497 e. The smallest absolute Gasteiger partial charge is 0.262 e. The zero-order valence-corrected chi connectivity index (χ0v) is 21.8. The molecule has 1 N–H and O–H groups in total. The first kappa shape index (κ1) is 26.6. The number of allylic oxidation sites excluding steroid dienone is 1. The molecular weight excluding hydrogens is 520 g/mol. The van der Waals surface area contributed by atoms with Crippen molar-refractivity contribution in [2.24, 2.45) is 0 Å². The fourth-order valence-electron chi connectivity index (χ4n) is 3.46. The molecule has 7 heteroatoms. The molecule has 0 unspecified atom stereocenters. The molecule has 6 nitrogen and oxygen atoms in total. The van der Waals surface area contributed by atoms with Gasteiger partial charge in [-0.15, -0.1) is 6.58 Å². The van der Waals surface area contributed by atoms with Gasteiger partial charge in [-0.25, -0.2) is 0 Å². The lowest BCUT2D eigenvalue weighted by Crippen LogP contribution is -2.23. The summed E-state index contributed by atoms with van der Waals surface area (Å²) in [6, 6.07) is 20.8. The van der Waals surface area contributed by atoms with Crippen molar-refractivity contribution in [2.45, 2.75) is 19.6 Å². The van der Waals surface area contributed by atoms with Crippen LogP contribution >= 0.6 is 15.9 Å². The van der Waals surface area contributed by atoms with Crippen LogP contribution < -0.4 is 19.5 Å². The number of carbonyl (C=O) groups excluding carboxylic acids is 1. The first-order valence-corrected chi connectivity index (χ1v) is 12.0. The number of hydrogen-bond donors (Lipinski definition) is 1. The molecule has 0 aromatic heterocycles. The van der Waals surface area contributed by atoms with E-state index < -0.39 is 5.91 Å². The van der Waals surface area contributed by atoms with Crippen LogP contribution in [0.2, 0.25) is 0 Å². The number of rotatable bonds is 11. The Morgan fingerprint density at radius 1 is 1.06 bits per heavy atom. The highest BCUT2D eigenvalue weighted by Crippen LogP contribution is 2.35. The van der Waals surface area contributed by atoms with Gasteiger partial charge in [0.05, 0.1) is 14.2 Å². The minimum atomic E-state index is -0.465. The van der Waals surface area contributed by atoms with Crippen LogP contribution in [0.5, 0.6) is 17.2 Å². The topological polar surface area (TPSA) is 80.6 Å². The summed E-state index contributed by atoms with van der Waals surface area (Å²) in [6.07, 6.45) is 3.83. The number of ether oxygens (including phenoxy) is 3. The van der Waals surface area contributed by atoms with E-state index in [1.54, 1.807) is 26.4 Å². The normalized spacial score (nSPS) is 10.8. The Labute approximate surface area is 219 Å². The van der Waals surface area contributed by atoms with Crippen molar-refractivity contribution in [3.05, 3.63) is 106 Å². The van der Waals surface area contributed by atoms with Gasteiger partial charge in [0.15, 0.2) is 11.5 Å². The Morgan fingerprint density at radius 3 is 2.36 bits per heavy atom. The van der Waals surface area contributed by atoms with E-state index in [1.165, 1.54) is 6.08 Å². The number of amides is 1. The summed E-state index contributed by atoms with van der Waals surface area (Å²) >= 11 is 3.43. The Hall–Kier alpha value is -4.02. The van der Waals surface area contributed by atoms with Crippen LogP contribution in [0.4, 0.5) is 0 Å². The van der Waals surface area contributed by atoms with Crippen molar-refractivity contribution in [3.63, 3.8) is 0 Å². The molecule has 0 spiro atoms. The van der Waals surface area contributed by atoms with Gasteiger partial charge < -0.3 is 19.5 Å². The maximum Gasteiger partial charge on any atom is 0.262 e. The molecule has 3 aromatic rings. The zero-order chi connectivity index (χ0) is 25.9. The molecule has 0 heterocycles. The van der Waals surface area contributed by atoms with Gasteiger partial charge in [0, 0.05) is 16.6 Å². The SMILES string of the molecule is C=CCc1cc(/C=C(/C#N)C(=O)NCc2ccc(OC)cc2)cc(OC)c1OCc1ccc(Br)cc1. The number of benzene rings is 3. The maximum absolute atomic E-state index is 12.7. The first-order chi connectivity index (χ1) is 17.5. The van der Waals surface area contributed by atoms with Crippen molar-refractivity contribution in [1.82, 2.24) is 5.32 Å². The summed E-state index contributed by atoms with van der Waals surface area (Å²) in [4.78, 5) is 12.7. The van der Waals surface area contributed by atoms with E-state index in [1.807, 2.05) is 60.7 Å². The number of nitriles is 1. The molecule has 36 heavy (non-hydrogen) atoms. The summed E-state index contributed by atoms with van der Waals surface area (Å²) in [7, 11) is 3.15. The van der Waals surface area contributed by atoms with Crippen molar-refractivity contribution >= 4 is 27.9 Å². The fraction of sp³-hybridized carbons (Fsp3) is 0.172. The fourth-order valence-corrected chi connectivity index (χ4v) is 3.73. The van der Waals surface area contributed by atoms with Crippen LogP contribution in [0.15, 0.2) is 83.4 Å². The third-order valence-electron chi connectivity index (χ3n) is 5.32. The number of hydrogen-bond acceptors (Lipinski definition) is 5. The average Bonchev–Trinajstić information content (AvgIpc) is 2.90. The predicted octanol–water partition coefficient (Wildman–Crippen LogP) is 6.00. The van der Waals surface area contributed by atoms with Crippen LogP contribution in [0, 0.1) is 11.3 Å². The highest BCUT2D eigenvalue weighted by atomic mass is 79.9. The van der Waals surface area contributed by atoms with Gasteiger partial charge in [-0.2, -0.15) is 5.26 Å². The van der Waals surface area contributed by atoms with E-state index in [9.17, 15) is 10.1 Å². The summed E-state index contributed by atoms with van der Waals surface area (Å²) in [5.41, 5.74) is 3.37. The molecule has 3 rings (SSSR count). The van der Waals surface area contributed by atoms with Crippen LogP contribution in [0.1, 0.15) is 22.3 Å². The van der Waals surface area contributed by atoms with Gasteiger partial charge in [0.1, 0.15) is 24.0 Å². The summed E-state index contributed by atoms with van der Waals surface area (Å²) in [5.74, 6) is 1.37. The second-order valence-corrected chi connectivity index (χ2v) is 8.74. The number of nitrogens with zero attached hydrogens (tertiary/aromatic N) is 1. The molecule has 0 aliphatic rings. The van der Waals surface area contributed by atoms with E-state index in [4.69, 9.17) is 14.2 Å². The molecule has 0 fully saturated rings. The van der Waals surface area contributed by atoms with Crippen LogP contribution in [-0.2, 0) is 24.4 Å².